The van der Waals surface area contributed by atoms with E-state index in [2.05, 4.69) is 26.0 Å². The first-order valence-corrected chi connectivity index (χ1v) is 8.31. The van der Waals surface area contributed by atoms with Gasteiger partial charge in [-0.3, -0.25) is 4.79 Å². The van der Waals surface area contributed by atoms with Gasteiger partial charge in [-0.05, 0) is 53.3 Å². The number of carbonyl (C=O) groups excluding carboxylic acids is 1. The van der Waals surface area contributed by atoms with Gasteiger partial charge >= 0.3 is 0 Å². The molecule has 110 valence electrons. The number of amides is 1. The molecule has 0 atom stereocenters. The van der Waals surface area contributed by atoms with Crippen molar-refractivity contribution in [2.45, 2.75) is 4.90 Å². The highest BCUT2D eigenvalue weighted by atomic mass is 79.9. The van der Waals surface area contributed by atoms with Crippen molar-refractivity contribution in [3.05, 3.63) is 58.6 Å². The number of para-hydroxylation sites is 1. The van der Waals surface area contributed by atoms with E-state index in [9.17, 15) is 13.2 Å². The monoisotopic (exact) mass is 368 g/mol. The van der Waals surface area contributed by atoms with Crippen molar-refractivity contribution in [3.8, 4) is 0 Å². The summed E-state index contributed by atoms with van der Waals surface area (Å²) >= 11 is 3.33. The molecule has 0 fully saturated rings. The maximum atomic E-state index is 12.2. The normalized spacial score (nSPS) is 11.1. The molecule has 2 N–H and O–H groups in total. The second-order valence-electron chi connectivity index (χ2n) is 4.17. The van der Waals surface area contributed by atoms with Crippen molar-refractivity contribution in [1.29, 1.82) is 0 Å². The predicted octanol–water partition coefficient (Wildman–Crippen LogP) is 2.61. The van der Waals surface area contributed by atoms with Crippen molar-refractivity contribution in [1.82, 2.24) is 4.72 Å². The zero-order valence-corrected chi connectivity index (χ0v) is 13.5. The molecule has 1 amide bonds. The smallest absolute Gasteiger partial charge is 0.255 e. The summed E-state index contributed by atoms with van der Waals surface area (Å²) < 4.78 is 26.4. The minimum atomic E-state index is -3.57. The number of nitrogens with one attached hydrogen (secondary N) is 2. The first-order chi connectivity index (χ1) is 9.94. The molecule has 0 bridgehead atoms. The quantitative estimate of drug-likeness (QED) is 0.870. The SMILES string of the molecule is CNS(=O)(=O)c1cccc(C(=O)Nc2ccccc2Br)c1. The van der Waals surface area contributed by atoms with Crippen molar-refractivity contribution in [3.63, 3.8) is 0 Å². The van der Waals surface area contributed by atoms with E-state index < -0.39 is 10.0 Å². The third-order valence-electron chi connectivity index (χ3n) is 2.80. The number of rotatable bonds is 4. The number of hydrogen-bond acceptors (Lipinski definition) is 3. The van der Waals surface area contributed by atoms with E-state index in [4.69, 9.17) is 0 Å². The lowest BCUT2D eigenvalue weighted by molar-refractivity contribution is 0.102. The van der Waals surface area contributed by atoms with E-state index >= 15 is 0 Å². The van der Waals surface area contributed by atoms with Crippen LogP contribution in [0.25, 0.3) is 0 Å². The Morgan fingerprint density at radius 3 is 2.48 bits per heavy atom. The van der Waals surface area contributed by atoms with Crippen molar-refractivity contribution < 1.29 is 13.2 Å². The number of benzene rings is 2. The van der Waals surface area contributed by atoms with Crippen LogP contribution in [0.3, 0.4) is 0 Å². The first kappa shape index (κ1) is 15.7. The molecule has 5 nitrogen and oxygen atoms in total. The summed E-state index contributed by atoms with van der Waals surface area (Å²) in [5, 5.41) is 2.72. The van der Waals surface area contributed by atoms with Crippen LogP contribution in [0, 0.1) is 0 Å². The number of hydrogen-bond donors (Lipinski definition) is 2. The molecule has 0 aliphatic carbocycles. The fourth-order valence-corrected chi connectivity index (χ4v) is 2.84. The van der Waals surface area contributed by atoms with Crippen LogP contribution < -0.4 is 10.0 Å². The highest BCUT2D eigenvalue weighted by Gasteiger charge is 2.14. The van der Waals surface area contributed by atoms with Gasteiger partial charge in [-0.1, -0.05) is 18.2 Å². The average molecular weight is 369 g/mol. The molecule has 0 aliphatic heterocycles. The minimum absolute atomic E-state index is 0.0461. The third kappa shape index (κ3) is 3.69. The van der Waals surface area contributed by atoms with Gasteiger partial charge in [0.15, 0.2) is 0 Å². The van der Waals surface area contributed by atoms with Crippen LogP contribution in [-0.4, -0.2) is 21.4 Å². The van der Waals surface area contributed by atoms with Crippen molar-refractivity contribution >= 4 is 37.5 Å². The zero-order valence-electron chi connectivity index (χ0n) is 11.1. The molecule has 0 aliphatic rings. The van der Waals surface area contributed by atoms with Gasteiger partial charge in [-0.25, -0.2) is 13.1 Å². The Balaban J connectivity index is 2.29. The number of halogens is 1. The Kier molecular flexibility index (Phi) is 4.76. The van der Waals surface area contributed by atoms with Crippen molar-refractivity contribution in [2.24, 2.45) is 0 Å². The highest BCUT2D eigenvalue weighted by Crippen LogP contribution is 2.22. The van der Waals surface area contributed by atoms with Crippen molar-refractivity contribution in [2.75, 3.05) is 12.4 Å². The molecule has 7 heteroatoms. The van der Waals surface area contributed by atoms with Gasteiger partial charge < -0.3 is 5.32 Å². The van der Waals surface area contributed by atoms with E-state index in [0.717, 1.165) is 4.47 Å². The number of sulfonamides is 1. The predicted molar refractivity (Wildman–Crippen MR) is 84.8 cm³/mol. The van der Waals surface area contributed by atoms with Crippen LogP contribution in [0.2, 0.25) is 0 Å². The molecule has 2 rings (SSSR count). The lowest BCUT2D eigenvalue weighted by Crippen LogP contribution is -2.19. The fourth-order valence-electron chi connectivity index (χ4n) is 1.68. The topological polar surface area (TPSA) is 75.3 Å². The highest BCUT2D eigenvalue weighted by molar-refractivity contribution is 9.10. The van der Waals surface area contributed by atoms with Gasteiger partial charge in [-0.15, -0.1) is 0 Å². The average Bonchev–Trinajstić information content (AvgIpc) is 2.49. The Hall–Kier alpha value is -1.70. The molecule has 2 aromatic carbocycles. The van der Waals surface area contributed by atoms with Gasteiger partial charge in [0.2, 0.25) is 10.0 Å². The Morgan fingerprint density at radius 1 is 1.10 bits per heavy atom. The second-order valence-corrected chi connectivity index (χ2v) is 6.91. The molecule has 0 radical (unpaired) electrons. The van der Waals surface area contributed by atoms with E-state index in [1.54, 1.807) is 24.3 Å². The summed E-state index contributed by atoms with van der Waals surface area (Å²) in [5.74, 6) is -0.380. The van der Waals surface area contributed by atoms with Gasteiger partial charge in [0.1, 0.15) is 0 Å². The standard InChI is InChI=1S/C14H13BrN2O3S/c1-16-21(19,20)11-6-4-5-10(9-11)14(18)17-13-8-3-2-7-12(13)15/h2-9,16H,1H3,(H,17,18). The Labute approximate surface area is 131 Å². The minimum Gasteiger partial charge on any atom is -0.321 e. The maximum absolute atomic E-state index is 12.2. The second kappa shape index (κ2) is 6.38. The van der Waals surface area contributed by atoms with Crippen LogP contribution in [0.1, 0.15) is 10.4 Å². The van der Waals surface area contributed by atoms with Crippen LogP contribution in [0.15, 0.2) is 57.9 Å². The Bertz CT molecular complexity index is 775. The van der Waals surface area contributed by atoms with Crippen LogP contribution in [-0.2, 0) is 10.0 Å². The summed E-state index contributed by atoms with van der Waals surface area (Å²) in [4.78, 5) is 12.2. The van der Waals surface area contributed by atoms with Gasteiger partial charge in [0, 0.05) is 10.0 Å². The fraction of sp³-hybridized carbons (Fsp3) is 0.0714. The number of anilines is 1. The van der Waals surface area contributed by atoms with Crippen LogP contribution in [0.4, 0.5) is 5.69 Å². The molecular formula is C14H13BrN2O3S. The molecule has 0 saturated carbocycles. The van der Waals surface area contributed by atoms with Gasteiger partial charge in [0.25, 0.3) is 5.91 Å². The summed E-state index contributed by atoms with van der Waals surface area (Å²) in [6.07, 6.45) is 0. The van der Waals surface area contributed by atoms with Gasteiger partial charge in [0.05, 0.1) is 10.6 Å². The Morgan fingerprint density at radius 2 is 1.81 bits per heavy atom. The first-order valence-electron chi connectivity index (χ1n) is 6.03. The largest absolute Gasteiger partial charge is 0.321 e. The molecular weight excluding hydrogens is 356 g/mol. The van der Waals surface area contributed by atoms with Crippen LogP contribution >= 0.6 is 15.9 Å². The molecule has 0 spiro atoms. The number of carbonyl (C=O) groups is 1. The maximum Gasteiger partial charge on any atom is 0.255 e. The van der Waals surface area contributed by atoms with E-state index in [0.29, 0.717) is 5.69 Å². The summed E-state index contributed by atoms with van der Waals surface area (Å²) in [5.41, 5.74) is 0.881. The molecule has 0 saturated heterocycles. The molecule has 0 aromatic heterocycles. The zero-order chi connectivity index (χ0) is 15.5. The molecule has 2 aromatic rings. The van der Waals surface area contributed by atoms with Crippen LogP contribution in [0.5, 0.6) is 0 Å². The van der Waals surface area contributed by atoms with E-state index in [1.165, 1.54) is 25.2 Å². The summed E-state index contributed by atoms with van der Waals surface area (Å²) in [6, 6.07) is 13.0. The van der Waals surface area contributed by atoms with Gasteiger partial charge in [-0.2, -0.15) is 0 Å². The van der Waals surface area contributed by atoms with E-state index in [1.807, 2.05) is 6.07 Å². The lowest BCUT2D eigenvalue weighted by Gasteiger charge is -2.08. The summed E-state index contributed by atoms with van der Waals surface area (Å²) in [7, 11) is -2.25. The molecule has 0 heterocycles. The molecule has 0 unspecified atom stereocenters. The van der Waals surface area contributed by atoms with E-state index in [-0.39, 0.29) is 16.4 Å². The third-order valence-corrected chi connectivity index (χ3v) is 4.90. The summed E-state index contributed by atoms with van der Waals surface area (Å²) in [6.45, 7) is 0. The molecule has 21 heavy (non-hydrogen) atoms. The lowest BCUT2D eigenvalue weighted by atomic mass is 10.2.